The first kappa shape index (κ1) is 49.8. The molecule has 2 aromatic heterocycles. The Balaban J connectivity index is 0.000000567. The summed E-state index contributed by atoms with van der Waals surface area (Å²) in [6.45, 7) is 4.60. The van der Waals surface area contributed by atoms with Crippen molar-refractivity contribution >= 4 is 106 Å². The summed E-state index contributed by atoms with van der Waals surface area (Å²) in [6.07, 6.45) is 1.22. The summed E-state index contributed by atoms with van der Waals surface area (Å²) in [6, 6.07) is 11.2. The SMILES string of the molecule is CC(C)(C)OC(=O)NCCS(=O)(=O)Oc1ccccc1C(=O)Nc1ncc([N+](=O)[O-])s1.Cl.Cl.NCCS(=O)(=O)Oc1ccccc1C(=O)Nc1ncc([N+](=O)[O-])s1. The molecule has 2 heterocycles. The molecule has 4 rings (SSSR count). The van der Waals surface area contributed by atoms with Crippen molar-refractivity contribution < 1.29 is 54.2 Å². The molecule has 3 amide bonds. The van der Waals surface area contributed by atoms with Gasteiger partial charge in [0.1, 0.15) is 23.7 Å². The van der Waals surface area contributed by atoms with E-state index < -0.39 is 65.1 Å². The topological polar surface area (TPSA) is 321 Å². The molecule has 312 valence electrons. The van der Waals surface area contributed by atoms with E-state index >= 15 is 0 Å². The van der Waals surface area contributed by atoms with Gasteiger partial charge in [0, 0.05) is 13.1 Å². The standard InChI is InChI=1S/C17H20N4O8S2.C12H12N4O6S2.2ClH/c1-17(2,3)28-16(23)18-8-9-31(26,27)29-12-7-5-4-6-11(12)14(22)20-15-19-10-13(30-15)21(24)25;13-5-6-24(20,21)22-9-4-2-1-3-8(9)11(17)15-12-14-7-10(23-12)16(18)19;;/h4-7,10H,8-9H2,1-3H3,(H,18,23)(H,19,20,22);1-4,7H,5-6,13H2,(H,14,15,17);2*1H. The first-order chi connectivity index (χ1) is 25.7. The number of aromatic nitrogens is 2. The van der Waals surface area contributed by atoms with Crippen molar-refractivity contribution in [1.29, 1.82) is 0 Å². The molecule has 22 nitrogen and oxygen atoms in total. The zero-order valence-electron chi connectivity index (χ0n) is 29.6. The first-order valence-corrected chi connectivity index (χ1v) is 20.0. The van der Waals surface area contributed by atoms with Gasteiger partial charge in [-0.05, 0) is 67.7 Å². The fourth-order valence-corrected chi connectivity index (χ4v) is 6.59. The molecule has 0 bridgehead atoms. The Bertz CT molecular complexity index is 2270. The molecule has 0 aliphatic rings. The lowest BCUT2D eigenvalue weighted by atomic mass is 10.2. The minimum atomic E-state index is -4.16. The Morgan fingerprint density at radius 3 is 1.53 bits per heavy atom. The summed E-state index contributed by atoms with van der Waals surface area (Å²) in [5.41, 5.74) is 4.28. The van der Waals surface area contributed by atoms with Crippen LogP contribution in [0.4, 0.5) is 25.1 Å². The number of rotatable bonds is 15. The molecule has 28 heteroatoms. The molecule has 5 N–H and O–H groups in total. The number of anilines is 2. The van der Waals surface area contributed by atoms with Gasteiger partial charge in [0.15, 0.2) is 21.8 Å². The van der Waals surface area contributed by atoms with Crippen LogP contribution in [-0.4, -0.2) is 84.8 Å². The van der Waals surface area contributed by atoms with Crippen LogP contribution in [0.2, 0.25) is 0 Å². The van der Waals surface area contributed by atoms with Crippen LogP contribution in [0.15, 0.2) is 60.9 Å². The third-order valence-corrected chi connectivity index (χ3v) is 9.91. The average Bonchev–Trinajstić information content (AvgIpc) is 3.74. The highest BCUT2D eigenvalue weighted by molar-refractivity contribution is 7.87. The molecule has 0 aliphatic carbocycles. The van der Waals surface area contributed by atoms with E-state index in [9.17, 15) is 51.4 Å². The quantitative estimate of drug-likeness (QED) is 0.0731. The number of amides is 3. The van der Waals surface area contributed by atoms with Gasteiger partial charge in [0.05, 0.1) is 26.7 Å². The number of alkyl carbamates (subject to hydrolysis) is 1. The van der Waals surface area contributed by atoms with E-state index in [0.717, 1.165) is 12.4 Å². The molecule has 0 saturated heterocycles. The smallest absolute Gasteiger partial charge is 0.407 e. The fraction of sp³-hybridized carbons (Fsp3) is 0.276. The van der Waals surface area contributed by atoms with E-state index in [4.69, 9.17) is 18.8 Å². The van der Waals surface area contributed by atoms with Gasteiger partial charge in [0.25, 0.3) is 11.8 Å². The number of thiazole rings is 2. The summed E-state index contributed by atoms with van der Waals surface area (Å²) in [4.78, 5) is 63.8. The minimum absolute atomic E-state index is 0. The normalized spacial score (nSPS) is 10.9. The molecule has 0 spiro atoms. The Hall–Kier alpha value is -5.25. The number of para-hydroxylation sites is 2. The number of hydrogen-bond acceptors (Lipinski definition) is 19. The maximum atomic E-state index is 12.5. The summed E-state index contributed by atoms with van der Waals surface area (Å²) in [5.74, 6) is -2.86. The lowest BCUT2D eigenvalue weighted by Crippen LogP contribution is -2.35. The van der Waals surface area contributed by atoms with Crippen molar-refractivity contribution in [3.63, 3.8) is 0 Å². The van der Waals surface area contributed by atoms with Crippen LogP contribution >= 0.6 is 47.5 Å². The Morgan fingerprint density at radius 2 is 1.16 bits per heavy atom. The first-order valence-electron chi connectivity index (χ1n) is 15.2. The van der Waals surface area contributed by atoms with Crippen molar-refractivity contribution in [2.24, 2.45) is 5.73 Å². The second kappa shape index (κ2) is 21.9. The van der Waals surface area contributed by atoms with E-state index in [1.165, 1.54) is 48.5 Å². The van der Waals surface area contributed by atoms with E-state index in [1.807, 2.05) is 0 Å². The maximum Gasteiger partial charge on any atom is 0.407 e. The second-order valence-electron chi connectivity index (χ2n) is 11.3. The number of carbonyl (C=O) groups excluding carboxylic acids is 3. The van der Waals surface area contributed by atoms with Crippen molar-refractivity contribution in [2.45, 2.75) is 26.4 Å². The van der Waals surface area contributed by atoms with Gasteiger partial charge in [-0.1, -0.05) is 24.3 Å². The molecule has 0 radical (unpaired) electrons. The molecule has 0 aliphatic heterocycles. The predicted octanol–water partition coefficient (Wildman–Crippen LogP) is 4.35. The molecule has 4 aromatic rings. The highest BCUT2D eigenvalue weighted by Gasteiger charge is 2.23. The van der Waals surface area contributed by atoms with E-state index in [2.05, 4.69) is 25.9 Å². The van der Waals surface area contributed by atoms with Crippen LogP contribution in [0.3, 0.4) is 0 Å². The molecule has 0 atom stereocenters. The molecule has 0 unspecified atom stereocenters. The Morgan fingerprint density at radius 1 is 0.754 bits per heavy atom. The van der Waals surface area contributed by atoms with Crippen molar-refractivity contribution in [3.05, 3.63) is 92.3 Å². The Kier molecular flexibility index (Phi) is 19.1. The fourth-order valence-electron chi connectivity index (χ4n) is 3.69. The van der Waals surface area contributed by atoms with Crippen LogP contribution in [0, 0.1) is 20.2 Å². The van der Waals surface area contributed by atoms with Gasteiger partial charge < -0.3 is 24.2 Å². The van der Waals surface area contributed by atoms with Gasteiger partial charge in [-0.2, -0.15) is 16.8 Å². The zero-order valence-corrected chi connectivity index (χ0v) is 34.5. The highest BCUT2D eigenvalue weighted by atomic mass is 35.5. The molecular weight excluding hydrogens is 884 g/mol. The Labute approximate surface area is 344 Å². The number of nitrogens with two attached hydrogens (primary N) is 1. The van der Waals surface area contributed by atoms with Crippen LogP contribution in [0.5, 0.6) is 11.5 Å². The monoisotopic (exact) mass is 916 g/mol. The third-order valence-electron chi connectivity index (χ3n) is 5.87. The molecule has 0 saturated carbocycles. The number of ether oxygens (including phenoxy) is 1. The van der Waals surface area contributed by atoms with E-state index in [-0.39, 0.29) is 80.8 Å². The van der Waals surface area contributed by atoms with E-state index in [0.29, 0.717) is 22.7 Å². The van der Waals surface area contributed by atoms with Crippen molar-refractivity contribution in [1.82, 2.24) is 15.3 Å². The number of halogens is 2. The number of nitro groups is 2. The number of nitrogens with zero attached hydrogens (tertiary/aromatic N) is 4. The molecule has 0 fully saturated rings. The van der Waals surface area contributed by atoms with Gasteiger partial charge >= 0.3 is 36.3 Å². The third kappa shape index (κ3) is 16.8. The summed E-state index contributed by atoms with van der Waals surface area (Å²) in [7, 11) is -8.09. The lowest BCUT2D eigenvalue weighted by molar-refractivity contribution is -0.380. The average molecular weight is 918 g/mol. The van der Waals surface area contributed by atoms with Crippen LogP contribution < -0.4 is 30.1 Å². The number of nitrogens with one attached hydrogen (secondary N) is 3. The van der Waals surface area contributed by atoms with Crippen LogP contribution in [-0.2, 0) is 25.0 Å². The molecule has 57 heavy (non-hydrogen) atoms. The van der Waals surface area contributed by atoms with Crippen molar-refractivity contribution in [3.8, 4) is 11.5 Å². The van der Waals surface area contributed by atoms with Crippen LogP contribution in [0.25, 0.3) is 0 Å². The summed E-state index contributed by atoms with van der Waals surface area (Å²) >= 11 is 1.32. The number of hydrogen-bond donors (Lipinski definition) is 4. The number of benzene rings is 2. The van der Waals surface area contributed by atoms with E-state index in [1.54, 1.807) is 20.8 Å². The highest BCUT2D eigenvalue weighted by Crippen LogP contribution is 2.28. The summed E-state index contributed by atoms with van der Waals surface area (Å²) in [5, 5.41) is 27.8. The lowest BCUT2D eigenvalue weighted by Gasteiger charge is -2.19. The molecule has 2 aromatic carbocycles. The second-order valence-corrected chi connectivity index (χ2v) is 16.7. The van der Waals surface area contributed by atoms with Gasteiger partial charge in [-0.15, -0.1) is 24.8 Å². The zero-order chi connectivity index (χ0) is 41.0. The van der Waals surface area contributed by atoms with Crippen LogP contribution in [0.1, 0.15) is 41.5 Å². The van der Waals surface area contributed by atoms with Crippen molar-refractivity contribution in [2.75, 3.05) is 35.2 Å². The summed E-state index contributed by atoms with van der Waals surface area (Å²) < 4.78 is 62.8. The predicted molar refractivity (Wildman–Crippen MR) is 213 cm³/mol. The van der Waals surface area contributed by atoms with Gasteiger partial charge in [0.2, 0.25) is 0 Å². The maximum absolute atomic E-state index is 12.5. The minimum Gasteiger partial charge on any atom is -0.444 e. The molecular formula is C29H34Cl2N8O14S4. The number of carbonyl (C=O) groups is 3. The largest absolute Gasteiger partial charge is 0.444 e. The van der Waals surface area contributed by atoms with Gasteiger partial charge in [-0.25, -0.2) is 14.8 Å². The van der Waals surface area contributed by atoms with Gasteiger partial charge in [-0.3, -0.25) is 40.5 Å².